The van der Waals surface area contributed by atoms with Crippen LogP contribution in [0.15, 0.2) is 29.4 Å². The first kappa shape index (κ1) is 14.5. The number of nitrogens with zero attached hydrogens (tertiary/aromatic N) is 3. The van der Waals surface area contributed by atoms with Gasteiger partial charge in [0.15, 0.2) is 0 Å². The van der Waals surface area contributed by atoms with Crippen molar-refractivity contribution in [2.45, 2.75) is 31.7 Å². The first-order chi connectivity index (χ1) is 10.2. The number of hydrogen-bond donors (Lipinski definition) is 2. The molecule has 6 heteroatoms. The van der Waals surface area contributed by atoms with Gasteiger partial charge in [0.05, 0.1) is 5.69 Å². The van der Waals surface area contributed by atoms with Crippen LogP contribution in [0.3, 0.4) is 0 Å². The zero-order valence-corrected chi connectivity index (χ0v) is 11.5. The average molecular weight is 281 g/mol. The van der Waals surface area contributed by atoms with Gasteiger partial charge in [-0.25, -0.2) is 0 Å². The molecule has 1 amide bonds. The van der Waals surface area contributed by atoms with Gasteiger partial charge in [-0.1, -0.05) is 12.8 Å². The van der Waals surface area contributed by atoms with Crippen LogP contribution < -0.4 is 10.7 Å². The van der Waals surface area contributed by atoms with Gasteiger partial charge >= 0.3 is 0 Å². The summed E-state index contributed by atoms with van der Waals surface area (Å²) in [7, 11) is 0. The van der Waals surface area contributed by atoms with Crippen molar-refractivity contribution in [3.63, 3.8) is 0 Å². The Morgan fingerprint density at radius 2 is 1.76 bits per heavy atom. The molecule has 0 bridgehead atoms. The Bertz CT molecular complexity index is 599. The molecule has 0 saturated heterocycles. The minimum atomic E-state index is -0.252. The van der Waals surface area contributed by atoms with Gasteiger partial charge in [0.25, 0.3) is 5.91 Å². The lowest BCUT2D eigenvalue weighted by Crippen LogP contribution is -2.32. The maximum Gasteiger partial charge on any atom is 0.251 e. The normalized spacial score (nSPS) is 13.8. The SMILES string of the molecule is N#CC(C#N)=NNc1ccc(C(=O)NC2CCCC2)cc1. The molecular weight excluding hydrogens is 266 g/mol. The highest BCUT2D eigenvalue weighted by Gasteiger charge is 2.17. The van der Waals surface area contributed by atoms with Crippen LogP contribution >= 0.6 is 0 Å². The number of amides is 1. The summed E-state index contributed by atoms with van der Waals surface area (Å²) in [5.74, 6) is -0.0771. The fraction of sp³-hybridized carbons (Fsp3) is 0.333. The third-order valence-corrected chi connectivity index (χ3v) is 3.35. The second kappa shape index (κ2) is 7.06. The Hall–Kier alpha value is -2.86. The maximum atomic E-state index is 12.0. The zero-order chi connectivity index (χ0) is 15.1. The van der Waals surface area contributed by atoms with Crippen molar-refractivity contribution in [2.24, 2.45) is 5.10 Å². The quantitative estimate of drug-likeness (QED) is 0.652. The molecule has 0 heterocycles. The Labute approximate surface area is 123 Å². The van der Waals surface area contributed by atoms with Crippen molar-refractivity contribution < 1.29 is 4.79 Å². The van der Waals surface area contributed by atoms with E-state index in [1.807, 2.05) is 0 Å². The lowest BCUT2D eigenvalue weighted by Gasteiger charge is -2.12. The minimum absolute atomic E-state index is 0.0771. The third kappa shape index (κ3) is 4.05. The minimum Gasteiger partial charge on any atom is -0.349 e. The first-order valence-electron chi connectivity index (χ1n) is 6.78. The molecule has 21 heavy (non-hydrogen) atoms. The maximum absolute atomic E-state index is 12.0. The fourth-order valence-electron chi connectivity index (χ4n) is 2.23. The van der Waals surface area contributed by atoms with E-state index in [1.165, 1.54) is 12.8 Å². The lowest BCUT2D eigenvalue weighted by molar-refractivity contribution is 0.0938. The topological polar surface area (TPSA) is 101 Å². The van der Waals surface area contributed by atoms with E-state index in [0.29, 0.717) is 11.3 Å². The van der Waals surface area contributed by atoms with Crippen LogP contribution in [0.2, 0.25) is 0 Å². The van der Waals surface area contributed by atoms with Crippen LogP contribution in [0.1, 0.15) is 36.0 Å². The van der Waals surface area contributed by atoms with Crippen LogP contribution in [-0.2, 0) is 0 Å². The molecule has 0 spiro atoms. The first-order valence-corrected chi connectivity index (χ1v) is 6.78. The molecule has 2 rings (SSSR count). The number of hydrogen-bond acceptors (Lipinski definition) is 5. The molecule has 1 fully saturated rings. The number of nitriles is 2. The van der Waals surface area contributed by atoms with Gasteiger partial charge in [-0.2, -0.15) is 15.6 Å². The molecule has 2 N–H and O–H groups in total. The van der Waals surface area contributed by atoms with E-state index in [-0.39, 0.29) is 17.7 Å². The highest BCUT2D eigenvalue weighted by molar-refractivity contribution is 6.10. The van der Waals surface area contributed by atoms with Crippen LogP contribution in [-0.4, -0.2) is 17.7 Å². The second-order valence-corrected chi connectivity index (χ2v) is 4.83. The molecule has 1 saturated carbocycles. The van der Waals surface area contributed by atoms with Crippen LogP contribution in [0.4, 0.5) is 5.69 Å². The standard InChI is InChI=1S/C15H15N5O/c16-9-14(10-17)20-19-13-7-5-11(6-8-13)15(21)18-12-3-1-2-4-12/h5-8,12,19H,1-4H2,(H,18,21). The zero-order valence-electron chi connectivity index (χ0n) is 11.5. The Kier molecular flexibility index (Phi) is 4.89. The van der Waals surface area contributed by atoms with E-state index < -0.39 is 0 Å². The molecule has 0 aliphatic heterocycles. The monoisotopic (exact) mass is 281 g/mol. The molecule has 1 aromatic rings. The number of benzene rings is 1. The summed E-state index contributed by atoms with van der Waals surface area (Å²) in [4.78, 5) is 12.0. The van der Waals surface area contributed by atoms with Crippen molar-refractivity contribution in [2.75, 3.05) is 5.43 Å². The molecule has 0 unspecified atom stereocenters. The molecular formula is C15H15N5O. The highest BCUT2D eigenvalue weighted by Crippen LogP contribution is 2.18. The average Bonchev–Trinajstić information content (AvgIpc) is 3.02. The van der Waals surface area contributed by atoms with E-state index in [1.54, 1.807) is 36.4 Å². The van der Waals surface area contributed by atoms with Crippen molar-refractivity contribution in [3.05, 3.63) is 29.8 Å². The predicted octanol–water partition coefficient (Wildman–Crippen LogP) is 2.17. The summed E-state index contributed by atoms with van der Waals surface area (Å²) in [6, 6.07) is 10.3. The van der Waals surface area contributed by atoms with Gasteiger partial charge in [-0.05, 0) is 37.1 Å². The third-order valence-electron chi connectivity index (χ3n) is 3.35. The van der Waals surface area contributed by atoms with Crippen molar-refractivity contribution in [3.8, 4) is 12.1 Å². The largest absolute Gasteiger partial charge is 0.349 e. The molecule has 1 aliphatic carbocycles. The summed E-state index contributed by atoms with van der Waals surface area (Å²) in [6.45, 7) is 0. The number of anilines is 1. The summed E-state index contributed by atoms with van der Waals surface area (Å²) >= 11 is 0. The fourth-order valence-corrected chi connectivity index (χ4v) is 2.23. The number of carbonyl (C=O) groups is 1. The molecule has 0 aromatic heterocycles. The van der Waals surface area contributed by atoms with Crippen LogP contribution in [0, 0.1) is 22.7 Å². The van der Waals surface area contributed by atoms with Gasteiger partial charge in [0, 0.05) is 11.6 Å². The Morgan fingerprint density at radius 1 is 1.14 bits per heavy atom. The van der Waals surface area contributed by atoms with Crippen molar-refractivity contribution in [1.82, 2.24) is 5.32 Å². The van der Waals surface area contributed by atoms with E-state index in [2.05, 4.69) is 15.8 Å². The summed E-state index contributed by atoms with van der Waals surface area (Å²) in [6.07, 6.45) is 4.44. The van der Waals surface area contributed by atoms with E-state index in [9.17, 15) is 4.79 Å². The van der Waals surface area contributed by atoms with E-state index in [0.717, 1.165) is 12.8 Å². The summed E-state index contributed by atoms with van der Waals surface area (Å²) < 4.78 is 0. The van der Waals surface area contributed by atoms with Gasteiger partial charge in [0.2, 0.25) is 5.71 Å². The van der Waals surface area contributed by atoms with Crippen LogP contribution in [0.5, 0.6) is 0 Å². The second-order valence-electron chi connectivity index (χ2n) is 4.83. The number of hydrazone groups is 1. The van der Waals surface area contributed by atoms with E-state index in [4.69, 9.17) is 10.5 Å². The smallest absolute Gasteiger partial charge is 0.251 e. The van der Waals surface area contributed by atoms with Gasteiger partial charge < -0.3 is 5.32 Å². The van der Waals surface area contributed by atoms with Crippen molar-refractivity contribution in [1.29, 1.82) is 10.5 Å². The predicted molar refractivity (Wildman–Crippen MR) is 78.4 cm³/mol. The highest BCUT2D eigenvalue weighted by atomic mass is 16.1. The van der Waals surface area contributed by atoms with E-state index >= 15 is 0 Å². The molecule has 106 valence electrons. The lowest BCUT2D eigenvalue weighted by atomic mass is 10.1. The number of rotatable bonds is 4. The molecule has 0 radical (unpaired) electrons. The molecule has 0 atom stereocenters. The molecule has 1 aromatic carbocycles. The summed E-state index contributed by atoms with van der Waals surface area (Å²) in [5, 5.41) is 23.8. The van der Waals surface area contributed by atoms with Crippen LogP contribution in [0.25, 0.3) is 0 Å². The number of carbonyl (C=O) groups excluding carboxylic acids is 1. The molecule has 1 aliphatic rings. The Morgan fingerprint density at radius 3 is 2.33 bits per heavy atom. The van der Waals surface area contributed by atoms with Gasteiger partial charge in [-0.15, -0.1) is 0 Å². The van der Waals surface area contributed by atoms with Gasteiger partial charge in [0.1, 0.15) is 12.1 Å². The number of nitrogens with one attached hydrogen (secondary N) is 2. The Balaban J connectivity index is 1.95. The summed E-state index contributed by atoms with van der Waals surface area (Å²) in [5.41, 5.74) is 3.53. The molecule has 6 nitrogen and oxygen atoms in total. The van der Waals surface area contributed by atoms with Crippen molar-refractivity contribution >= 4 is 17.3 Å². The van der Waals surface area contributed by atoms with Gasteiger partial charge in [-0.3, -0.25) is 10.2 Å².